The molecule has 3 aromatic carbocycles. The van der Waals surface area contributed by atoms with Gasteiger partial charge in [0, 0.05) is 42.2 Å². The molecule has 1 saturated heterocycles. The fourth-order valence-electron chi connectivity index (χ4n) is 5.89. The number of para-hydroxylation sites is 1. The number of Topliss-reactive ketones (excluding diaryl/α,β-unsaturated/α-hetero) is 1. The van der Waals surface area contributed by atoms with Gasteiger partial charge >= 0.3 is 5.97 Å². The van der Waals surface area contributed by atoms with Crippen molar-refractivity contribution in [2.45, 2.75) is 26.2 Å². The minimum absolute atomic E-state index is 0.0740. The van der Waals surface area contributed by atoms with Gasteiger partial charge in [0.05, 0.1) is 26.4 Å². The lowest BCUT2D eigenvalue weighted by atomic mass is 9.97. The highest BCUT2D eigenvalue weighted by atomic mass is 16.5. The number of ketones is 1. The minimum atomic E-state index is -0.374. The third-order valence-electron chi connectivity index (χ3n) is 8.46. The molecule has 0 radical (unpaired) electrons. The van der Waals surface area contributed by atoms with E-state index in [2.05, 4.69) is 16.0 Å². The summed E-state index contributed by atoms with van der Waals surface area (Å²) in [7, 11) is 3.03. The molecule has 6 rings (SSSR count). The maximum absolute atomic E-state index is 13.3. The largest absolute Gasteiger partial charge is 0.496 e. The molecule has 0 N–H and O–H groups in total. The first-order valence-corrected chi connectivity index (χ1v) is 15.1. The van der Waals surface area contributed by atoms with E-state index in [0.717, 1.165) is 65.1 Å². The summed E-state index contributed by atoms with van der Waals surface area (Å²) in [6.45, 7) is 4.27. The Balaban J connectivity index is 1.05. The molecule has 2 aromatic heterocycles. The number of esters is 1. The highest BCUT2D eigenvalue weighted by Crippen LogP contribution is 2.35. The average Bonchev–Trinajstić information content (AvgIpc) is 3.43. The number of anilines is 1. The molecule has 1 aliphatic heterocycles. The van der Waals surface area contributed by atoms with Gasteiger partial charge in [-0.05, 0) is 79.3 Å². The van der Waals surface area contributed by atoms with Crippen molar-refractivity contribution in [1.82, 2.24) is 4.98 Å². The maximum Gasteiger partial charge on any atom is 0.337 e. The van der Waals surface area contributed by atoms with Crippen LogP contribution in [0.15, 0.2) is 89.5 Å². The number of hydrogen-bond donors (Lipinski definition) is 0. The number of aromatic nitrogens is 1. The van der Waals surface area contributed by atoms with Gasteiger partial charge in [0.1, 0.15) is 22.9 Å². The molecule has 5 aromatic rings. The topological polar surface area (TPSA) is 91.1 Å². The molecule has 8 heteroatoms. The number of ether oxygens (including phenoxy) is 3. The van der Waals surface area contributed by atoms with E-state index in [9.17, 15) is 9.59 Å². The number of pyridine rings is 1. The molecule has 3 heterocycles. The van der Waals surface area contributed by atoms with Gasteiger partial charge < -0.3 is 23.5 Å². The number of benzene rings is 3. The van der Waals surface area contributed by atoms with Gasteiger partial charge in [0.15, 0.2) is 5.76 Å². The van der Waals surface area contributed by atoms with Crippen LogP contribution < -0.4 is 14.4 Å². The minimum Gasteiger partial charge on any atom is -0.496 e. The van der Waals surface area contributed by atoms with Crippen LogP contribution in [0.5, 0.6) is 11.5 Å². The van der Waals surface area contributed by atoms with Gasteiger partial charge in [0.2, 0.25) is 5.78 Å². The highest BCUT2D eigenvalue weighted by Gasteiger charge is 2.22. The molecular formula is C37H36N2O6. The number of carbonyl (C=O) groups is 2. The van der Waals surface area contributed by atoms with Crippen molar-refractivity contribution in [1.29, 1.82) is 0 Å². The number of rotatable bonds is 10. The van der Waals surface area contributed by atoms with E-state index < -0.39 is 0 Å². The molecule has 0 saturated carbocycles. The fraction of sp³-hybridized carbons (Fsp3) is 0.270. The molecular weight excluding hydrogens is 568 g/mol. The van der Waals surface area contributed by atoms with E-state index in [-0.39, 0.29) is 18.2 Å². The summed E-state index contributed by atoms with van der Waals surface area (Å²) in [6.07, 6.45) is 3.95. The van der Waals surface area contributed by atoms with Crippen molar-refractivity contribution < 1.29 is 28.2 Å². The summed E-state index contributed by atoms with van der Waals surface area (Å²) in [5, 5.41) is 0.916. The zero-order valence-corrected chi connectivity index (χ0v) is 25.7. The number of aryl methyl sites for hydroxylation is 1. The van der Waals surface area contributed by atoms with Gasteiger partial charge in [-0.25, -0.2) is 9.78 Å². The number of furan rings is 1. The number of methoxy groups -OCH3 is 2. The molecule has 45 heavy (non-hydrogen) atoms. The summed E-state index contributed by atoms with van der Waals surface area (Å²) in [5.74, 6) is 2.71. The van der Waals surface area contributed by atoms with Crippen LogP contribution >= 0.6 is 0 Å². The van der Waals surface area contributed by atoms with Crippen LogP contribution in [0, 0.1) is 12.8 Å². The Hall–Kier alpha value is -5.11. The van der Waals surface area contributed by atoms with Crippen molar-refractivity contribution in [2.75, 3.05) is 38.8 Å². The van der Waals surface area contributed by atoms with Gasteiger partial charge in [-0.1, -0.05) is 36.4 Å². The van der Waals surface area contributed by atoms with Crippen molar-refractivity contribution in [3.8, 4) is 22.6 Å². The third kappa shape index (κ3) is 6.55. The molecule has 1 aliphatic rings. The van der Waals surface area contributed by atoms with Crippen LogP contribution in [-0.4, -0.2) is 50.7 Å². The zero-order valence-electron chi connectivity index (χ0n) is 25.7. The number of fused-ring (bicyclic) bond motifs is 1. The number of hydrogen-bond acceptors (Lipinski definition) is 8. The second kappa shape index (κ2) is 13.3. The molecule has 230 valence electrons. The molecule has 1 fully saturated rings. The summed E-state index contributed by atoms with van der Waals surface area (Å²) < 4.78 is 22.4. The fourth-order valence-corrected chi connectivity index (χ4v) is 5.89. The smallest absolute Gasteiger partial charge is 0.337 e. The first-order chi connectivity index (χ1) is 21.9. The molecule has 0 amide bonds. The quantitative estimate of drug-likeness (QED) is 0.121. The van der Waals surface area contributed by atoms with Crippen LogP contribution in [0.3, 0.4) is 0 Å². The lowest BCUT2D eigenvalue weighted by Crippen LogP contribution is -2.36. The van der Waals surface area contributed by atoms with Crippen molar-refractivity contribution >= 4 is 28.5 Å². The van der Waals surface area contributed by atoms with Crippen LogP contribution in [0.25, 0.3) is 22.1 Å². The van der Waals surface area contributed by atoms with Crippen molar-refractivity contribution in [3.63, 3.8) is 0 Å². The van der Waals surface area contributed by atoms with Gasteiger partial charge in [-0.2, -0.15) is 0 Å². The lowest BCUT2D eigenvalue weighted by molar-refractivity contribution is 0.0600. The van der Waals surface area contributed by atoms with Crippen LogP contribution in [-0.2, 0) is 11.2 Å². The molecule has 0 atom stereocenters. The maximum atomic E-state index is 13.3. The predicted molar refractivity (Wildman–Crippen MR) is 173 cm³/mol. The lowest BCUT2D eigenvalue weighted by Gasteiger charge is -2.32. The normalized spacial score (nSPS) is 13.5. The van der Waals surface area contributed by atoms with Crippen LogP contribution in [0.2, 0.25) is 0 Å². The van der Waals surface area contributed by atoms with E-state index >= 15 is 0 Å². The van der Waals surface area contributed by atoms with E-state index in [1.807, 2.05) is 61.5 Å². The average molecular weight is 605 g/mol. The Kier molecular flexibility index (Phi) is 8.82. The van der Waals surface area contributed by atoms with Gasteiger partial charge in [-0.3, -0.25) is 4.79 Å². The summed E-state index contributed by atoms with van der Waals surface area (Å²) in [5.41, 5.74) is 4.83. The second-order valence-electron chi connectivity index (χ2n) is 11.4. The van der Waals surface area contributed by atoms with Crippen molar-refractivity contribution in [3.05, 3.63) is 108 Å². The third-order valence-corrected chi connectivity index (χ3v) is 8.46. The number of piperidine rings is 1. The predicted octanol–water partition coefficient (Wildman–Crippen LogP) is 7.32. The Morgan fingerprint density at radius 2 is 1.78 bits per heavy atom. The zero-order chi connectivity index (χ0) is 31.3. The molecule has 0 bridgehead atoms. The summed E-state index contributed by atoms with van der Waals surface area (Å²) in [6, 6.07) is 24.9. The van der Waals surface area contributed by atoms with E-state index in [4.69, 9.17) is 18.6 Å². The Morgan fingerprint density at radius 3 is 2.53 bits per heavy atom. The summed E-state index contributed by atoms with van der Waals surface area (Å²) in [4.78, 5) is 32.1. The van der Waals surface area contributed by atoms with Gasteiger partial charge in [-0.15, -0.1) is 0 Å². The SMILES string of the molecule is COC(=O)c1cccc(OCC2CCN(c3ccc(CC(=O)c4oc5ccc(-c6ccccc6OC)cc5c4C)cn3)CC2)c1. The standard InChI is InChI=1S/C37H36N2O6/c1-24-31-21-27(30-9-4-5-10-33(30)42-2)12-13-34(31)45-36(24)32(40)19-26-11-14-35(38-22-26)39-17-15-25(16-18-39)23-44-29-8-6-7-28(20-29)37(41)43-3/h4-14,20-22,25H,15-19,23H2,1-3H3. The first-order valence-electron chi connectivity index (χ1n) is 15.1. The van der Waals surface area contributed by atoms with Crippen molar-refractivity contribution in [2.24, 2.45) is 5.92 Å². The van der Waals surface area contributed by atoms with E-state index in [1.54, 1.807) is 31.5 Å². The monoisotopic (exact) mass is 604 g/mol. The van der Waals surface area contributed by atoms with Crippen LogP contribution in [0.4, 0.5) is 5.82 Å². The Bertz CT molecular complexity index is 1820. The van der Waals surface area contributed by atoms with E-state index in [1.165, 1.54) is 7.11 Å². The first kappa shape index (κ1) is 29.9. The number of nitrogens with zero attached hydrogens (tertiary/aromatic N) is 2. The Morgan fingerprint density at radius 1 is 0.956 bits per heavy atom. The van der Waals surface area contributed by atoms with E-state index in [0.29, 0.717) is 35.2 Å². The number of carbonyl (C=O) groups excluding carboxylic acids is 2. The molecule has 8 nitrogen and oxygen atoms in total. The second-order valence-corrected chi connectivity index (χ2v) is 11.4. The Labute approximate surface area is 262 Å². The molecule has 0 aliphatic carbocycles. The van der Waals surface area contributed by atoms with Crippen LogP contribution in [0.1, 0.15) is 44.9 Å². The highest BCUT2D eigenvalue weighted by molar-refractivity contribution is 6.02. The molecule has 0 spiro atoms. The summed E-state index contributed by atoms with van der Waals surface area (Å²) >= 11 is 0. The molecule has 0 unspecified atom stereocenters. The van der Waals surface area contributed by atoms with Gasteiger partial charge in [0.25, 0.3) is 0 Å².